The van der Waals surface area contributed by atoms with E-state index in [0.29, 0.717) is 6.61 Å². The average molecular weight is 389 g/mol. The molecule has 0 fully saturated rings. The van der Waals surface area contributed by atoms with Crippen molar-refractivity contribution in [2.75, 3.05) is 13.2 Å². The van der Waals surface area contributed by atoms with Crippen LogP contribution < -0.4 is 0 Å². The number of unbranched alkanes of at least 4 members (excludes halogenated alkanes) is 9. The Kier molecular flexibility index (Phi) is 15.2. The Hall–Kier alpha value is 0.0538. The van der Waals surface area contributed by atoms with Crippen molar-refractivity contribution >= 4 is 17.1 Å². The zero-order valence-electron chi connectivity index (χ0n) is 17.7. The molecule has 0 aliphatic rings. The second-order valence-corrected chi connectivity index (χ2v) is 14.9. The molecule has 0 aliphatic carbocycles. The lowest BCUT2D eigenvalue weighted by molar-refractivity contribution is 0.194. The first kappa shape index (κ1) is 25.1. The van der Waals surface area contributed by atoms with Crippen LogP contribution in [0, 0.1) is 0 Å². The second kappa shape index (κ2) is 15.1. The van der Waals surface area contributed by atoms with E-state index in [1.165, 1.54) is 57.8 Å². The van der Waals surface area contributed by atoms with Gasteiger partial charge in [-0.2, -0.15) is 0 Å². The molecule has 25 heavy (non-hydrogen) atoms. The fourth-order valence-corrected chi connectivity index (χ4v) is 9.40. The van der Waals surface area contributed by atoms with Gasteiger partial charge in [0.15, 0.2) is 0 Å². The van der Waals surface area contributed by atoms with Crippen molar-refractivity contribution in [2.24, 2.45) is 0 Å². The smallest absolute Gasteiger partial charge is 0.322 e. The van der Waals surface area contributed by atoms with Crippen molar-refractivity contribution < 1.29 is 13.0 Å². The molecule has 0 spiro atoms. The van der Waals surface area contributed by atoms with E-state index in [2.05, 4.69) is 39.7 Å². The normalized spacial score (nSPS) is 12.5. The van der Waals surface area contributed by atoms with Crippen LogP contribution in [0.15, 0.2) is 12.7 Å². The lowest BCUT2D eigenvalue weighted by Crippen LogP contribution is -2.48. The Morgan fingerprint density at radius 2 is 1.12 bits per heavy atom. The predicted octanol–water partition coefficient (Wildman–Crippen LogP) is 6.94. The first-order valence-electron chi connectivity index (χ1n) is 10.4. The summed E-state index contributed by atoms with van der Waals surface area (Å²) in [5.41, 5.74) is 0. The molecule has 0 rings (SSSR count). The predicted molar refractivity (Wildman–Crippen MR) is 115 cm³/mol. The molecule has 3 nitrogen and oxygen atoms in total. The van der Waals surface area contributed by atoms with Gasteiger partial charge < -0.3 is 13.0 Å². The van der Waals surface area contributed by atoms with E-state index in [0.717, 1.165) is 19.4 Å². The number of hydrogen-bond acceptors (Lipinski definition) is 3. The minimum Gasteiger partial charge on any atom is -0.415 e. The van der Waals surface area contributed by atoms with Crippen LogP contribution in [0.25, 0.3) is 0 Å². The molecule has 0 aromatic rings. The van der Waals surface area contributed by atoms with E-state index >= 15 is 0 Å². The summed E-state index contributed by atoms with van der Waals surface area (Å²) >= 11 is 0. The van der Waals surface area contributed by atoms with Crippen LogP contribution in [0.3, 0.4) is 0 Å². The molecule has 0 saturated heterocycles. The van der Waals surface area contributed by atoms with E-state index in [-0.39, 0.29) is 0 Å². The topological polar surface area (TPSA) is 27.7 Å². The quantitative estimate of drug-likeness (QED) is 0.145. The van der Waals surface area contributed by atoms with E-state index in [4.69, 9.17) is 13.0 Å². The molecule has 0 atom stereocenters. The molecule has 0 saturated carbocycles. The van der Waals surface area contributed by atoms with Gasteiger partial charge in [-0.1, -0.05) is 70.8 Å². The summed E-state index contributed by atoms with van der Waals surface area (Å²) in [5, 5.41) is 0. The van der Waals surface area contributed by atoms with E-state index in [1.807, 2.05) is 6.08 Å². The summed E-state index contributed by atoms with van der Waals surface area (Å²) in [4.78, 5) is 0. The molecule has 0 aromatic heterocycles. The third-order valence-electron chi connectivity index (χ3n) is 4.21. The monoisotopic (exact) mass is 388 g/mol. The lowest BCUT2D eigenvalue weighted by atomic mass is 10.1. The molecule has 0 aliphatic heterocycles. The van der Waals surface area contributed by atoms with Gasteiger partial charge in [-0.15, -0.1) is 6.58 Å². The molecule has 0 amide bonds. The zero-order valence-corrected chi connectivity index (χ0v) is 19.7. The zero-order chi connectivity index (χ0) is 19.0. The van der Waals surface area contributed by atoms with Gasteiger partial charge >= 0.3 is 17.1 Å². The maximum atomic E-state index is 6.26. The molecule has 0 heterocycles. The second-order valence-electron chi connectivity index (χ2n) is 7.86. The van der Waals surface area contributed by atoms with Gasteiger partial charge in [-0.25, -0.2) is 0 Å². The minimum atomic E-state index is -2.09. The number of rotatable bonds is 18. The highest BCUT2D eigenvalue weighted by molar-refractivity contribution is 6.78. The van der Waals surface area contributed by atoms with Crippen molar-refractivity contribution in [1.82, 2.24) is 0 Å². The summed E-state index contributed by atoms with van der Waals surface area (Å²) in [5.74, 6) is 0. The molecule has 0 aromatic carbocycles. The summed E-state index contributed by atoms with van der Waals surface area (Å²) in [7, 11) is -4.17. The summed E-state index contributed by atoms with van der Waals surface area (Å²) in [6, 6.07) is 0. The van der Waals surface area contributed by atoms with Crippen LogP contribution in [0.4, 0.5) is 0 Å². The summed E-state index contributed by atoms with van der Waals surface area (Å²) in [6.45, 7) is 16.0. The molecular formula is C20H44O3Si2. The van der Waals surface area contributed by atoms with Gasteiger partial charge in [0.05, 0.1) is 0 Å². The highest BCUT2D eigenvalue weighted by Crippen LogP contribution is 2.18. The largest absolute Gasteiger partial charge is 0.415 e. The molecular weight excluding hydrogens is 344 g/mol. The lowest BCUT2D eigenvalue weighted by Gasteiger charge is -2.32. The molecule has 5 heteroatoms. The van der Waals surface area contributed by atoms with Crippen LogP contribution in [-0.2, 0) is 13.0 Å². The van der Waals surface area contributed by atoms with Crippen molar-refractivity contribution in [1.29, 1.82) is 0 Å². The van der Waals surface area contributed by atoms with Crippen molar-refractivity contribution in [3.63, 3.8) is 0 Å². The minimum absolute atomic E-state index is 0.700. The SMILES string of the molecule is C=CCCO[Si](C)(C)O[Si](C)(C)OCCCCCCCCCCCC. The van der Waals surface area contributed by atoms with Crippen LogP contribution in [0.2, 0.25) is 26.2 Å². The van der Waals surface area contributed by atoms with Crippen LogP contribution in [0.5, 0.6) is 0 Å². The standard InChI is InChI=1S/C20H44O3Si2/c1-7-9-11-12-13-14-15-16-17-18-20-22-25(5,6)23-24(3,4)21-19-10-8-2/h8H,2,7,9-20H2,1,3-6H3. The Morgan fingerprint density at radius 1 is 0.680 bits per heavy atom. The van der Waals surface area contributed by atoms with Crippen molar-refractivity contribution in [2.45, 2.75) is 104 Å². The van der Waals surface area contributed by atoms with Gasteiger partial charge in [0.2, 0.25) is 0 Å². The van der Waals surface area contributed by atoms with E-state index in [9.17, 15) is 0 Å². The Bertz CT molecular complexity index is 320. The van der Waals surface area contributed by atoms with Crippen molar-refractivity contribution in [3.8, 4) is 0 Å². The summed E-state index contributed by atoms with van der Waals surface area (Å²) < 4.78 is 18.3. The first-order valence-corrected chi connectivity index (χ1v) is 16.1. The summed E-state index contributed by atoms with van der Waals surface area (Å²) in [6.07, 6.45) is 16.3. The fraction of sp³-hybridized carbons (Fsp3) is 0.900. The van der Waals surface area contributed by atoms with Crippen molar-refractivity contribution in [3.05, 3.63) is 12.7 Å². The van der Waals surface area contributed by atoms with Gasteiger partial charge in [0, 0.05) is 13.2 Å². The third kappa shape index (κ3) is 17.2. The maximum absolute atomic E-state index is 6.26. The average Bonchev–Trinajstić information content (AvgIpc) is 2.51. The number of hydrogen-bond donors (Lipinski definition) is 0. The van der Waals surface area contributed by atoms with E-state index in [1.54, 1.807) is 0 Å². The maximum Gasteiger partial charge on any atom is 0.322 e. The van der Waals surface area contributed by atoms with Crippen LogP contribution in [-0.4, -0.2) is 30.3 Å². The van der Waals surface area contributed by atoms with E-state index < -0.39 is 17.1 Å². The molecule has 0 unspecified atom stereocenters. The van der Waals surface area contributed by atoms with Gasteiger partial charge in [-0.3, -0.25) is 0 Å². The Balaban J connectivity index is 3.63. The van der Waals surface area contributed by atoms with Gasteiger partial charge in [0.25, 0.3) is 0 Å². The van der Waals surface area contributed by atoms with Gasteiger partial charge in [0.1, 0.15) is 0 Å². The van der Waals surface area contributed by atoms with Crippen LogP contribution in [0.1, 0.15) is 77.6 Å². The molecule has 150 valence electrons. The highest BCUT2D eigenvalue weighted by Gasteiger charge is 2.36. The van der Waals surface area contributed by atoms with Crippen LogP contribution >= 0.6 is 0 Å². The Labute approximate surface area is 160 Å². The third-order valence-corrected chi connectivity index (χ3v) is 9.94. The molecule has 0 radical (unpaired) electrons. The Morgan fingerprint density at radius 3 is 1.60 bits per heavy atom. The molecule has 0 bridgehead atoms. The fourth-order valence-electron chi connectivity index (χ4n) is 2.95. The van der Waals surface area contributed by atoms with Gasteiger partial charge in [-0.05, 0) is 39.0 Å². The first-order chi connectivity index (χ1) is 11.8. The highest BCUT2D eigenvalue weighted by atomic mass is 28.5. The molecule has 0 N–H and O–H groups in total.